The molecule has 6 heteroatoms. The Kier molecular flexibility index (Phi) is 3.82. The quantitative estimate of drug-likeness (QED) is 0.775. The molecule has 3 rings (SSSR count). The first-order valence-corrected chi connectivity index (χ1v) is 6.64. The zero-order valence-electron chi connectivity index (χ0n) is 11.5. The molecule has 2 aromatic carbocycles. The molecular weight excluding hydrogens is 283 g/mol. The van der Waals surface area contributed by atoms with Crippen molar-refractivity contribution in [2.24, 2.45) is 0 Å². The second-order valence-corrected chi connectivity index (χ2v) is 4.55. The van der Waals surface area contributed by atoms with Gasteiger partial charge < -0.3 is 15.2 Å². The molecule has 1 heterocycles. The minimum Gasteiger partial charge on any atom is -0.306 e. The summed E-state index contributed by atoms with van der Waals surface area (Å²) in [5.41, 5.74) is 1.48. The second-order valence-electron chi connectivity index (χ2n) is 4.55. The van der Waals surface area contributed by atoms with Crippen LogP contribution in [0.15, 0.2) is 67.3 Å². The maximum atomic E-state index is 13.5. The molecule has 0 atom stereocenters. The van der Waals surface area contributed by atoms with Crippen molar-refractivity contribution in [3.63, 3.8) is 0 Å². The van der Waals surface area contributed by atoms with Crippen molar-refractivity contribution in [3.05, 3.63) is 73.1 Å². The fraction of sp³-hybridized carbons (Fsp3) is 0. The van der Waals surface area contributed by atoms with E-state index in [1.807, 2.05) is 12.1 Å². The Morgan fingerprint density at radius 1 is 1.00 bits per heavy atom. The van der Waals surface area contributed by atoms with Gasteiger partial charge in [0, 0.05) is 12.4 Å². The number of carbonyl (C=O) groups is 1. The molecule has 2 amide bonds. The molecule has 22 heavy (non-hydrogen) atoms. The molecule has 0 spiro atoms. The van der Waals surface area contributed by atoms with Crippen molar-refractivity contribution < 1.29 is 9.18 Å². The normalized spacial score (nSPS) is 10.2. The third kappa shape index (κ3) is 2.95. The van der Waals surface area contributed by atoms with Gasteiger partial charge in [-0.3, -0.25) is 0 Å². The SMILES string of the molecule is O=C(Nc1ccccc1F)Nc1ccccc1-n1ccnc1. The molecule has 0 aliphatic carbocycles. The summed E-state index contributed by atoms with van der Waals surface area (Å²) >= 11 is 0. The van der Waals surface area contributed by atoms with Crippen LogP contribution in [0.5, 0.6) is 0 Å². The number of para-hydroxylation sites is 3. The Morgan fingerprint density at radius 3 is 2.41 bits per heavy atom. The Labute approximate surface area is 126 Å². The van der Waals surface area contributed by atoms with Crippen molar-refractivity contribution >= 4 is 17.4 Å². The first-order chi connectivity index (χ1) is 10.7. The van der Waals surface area contributed by atoms with Crippen LogP contribution in [-0.4, -0.2) is 15.6 Å². The van der Waals surface area contributed by atoms with Crippen LogP contribution in [-0.2, 0) is 0 Å². The van der Waals surface area contributed by atoms with Crippen LogP contribution in [0.25, 0.3) is 5.69 Å². The van der Waals surface area contributed by atoms with Crippen molar-refractivity contribution in [1.82, 2.24) is 9.55 Å². The maximum absolute atomic E-state index is 13.5. The van der Waals surface area contributed by atoms with E-state index >= 15 is 0 Å². The molecule has 0 aliphatic rings. The minimum atomic E-state index is -0.516. The van der Waals surface area contributed by atoms with E-state index in [1.165, 1.54) is 12.1 Å². The van der Waals surface area contributed by atoms with Gasteiger partial charge in [-0.15, -0.1) is 0 Å². The van der Waals surface area contributed by atoms with Gasteiger partial charge in [0.1, 0.15) is 5.82 Å². The lowest BCUT2D eigenvalue weighted by molar-refractivity contribution is 0.262. The molecule has 3 aromatic rings. The average molecular weight is 296 g/mol. The highest BCUT2D eigenvalue weighted by atomic mass is 19.1. The van der Waals surface area contributed by atoms with Crippen molar-refractivity contribution in [3.8, 4) is 5.69 Å². The number of aromatic nitrogens is 2. The summed E-state index contributed by atoms with van der Waals surface area (Å²) in [6, 6.07) is 12.7. The number of imidazole rings is 1. The smallest absolute Gasteiger partial charge is 0.306 e. The van der Waals surface area contributed by atoms with E-state index in [-0.39, 0.29) is 5.69 Å². The number of anilines is 2. The number of nitrogens with zero attached hydrogens (tertiary/aromatic N) is 2. The number of carbonyl (C=O) groups excluding carboxylic acids is 1. The molecule has 110 valence electrons. The summed E-state index contributed by atoms with van der Waals surface area (Å²) in [6.45, 7) is 0. The largest absolute Gasteiger partial charge is 0.323 e. The monoisotopic (exact) mass is 296 g/mol. The molecule has 0 aliphatic heterocycles. The highest BCUT2D eigenvalue weighted by Gasteiger charge is 2.09. The molecule has 2 N–H and O–H groups in total. The lowest BCUT2D eigenvalue weighted by Gasteiger charge is -2.12. The molecule has 0 saturated heterocycles. The van der Waals surface area contributed by atoms with Gasteiger partial charge in [0.2, 0.25) is 0 Å². The predicted octanol–water partition coefficient (Wildman–Crippen LogP) is 3.66. The van der Waals surface area contributed by atoms with Crippen LogP contribution < -0.4 is 10.6 Å². The zero-order chi connectivity index (χ0) is 15.4. The lowest BCUT2D eigenvalue weighted by Crippen LogP contribution is -2.21. The van der Waals surface area contributed by atoms with Crippen LogP contribution in [0.4, 0.5) is 20.6 Å². The van der Waals surface area contributed by atoms with Crippen molar-refractivity contribution in [2.45, 2.75) is 0 Å². The first-order valence-electron chi connectivity index (χ1n) is 6.64. The van der Waals surface area contributed by atoms with Gasteiger partial charge in [-0.25, -0.2) is 14.2 Å². The van der Waals surface area contributed by atoms with Crippen LogP contribution >= 0.6 is 0 Å². The fourth-order valence-corrected chi connectivity index (χ4v) is 2.04. The number of rotatable bonds is 3. The van der Waals surface area contributed by atoms with E-state index in [4.69, 9.17) is 0 Å². The van der Waals surface area contributed by atoms with Gasteiger partial charge in [0.15, 0.2) is 0 Å². The van der Waals surface area contributed by atoms with Gasteiger partial charge in [0.05, 0.1) is 23.4 Å². The highest BCUT2D eigenvalue weighted by molar-refractivity contribution is 6.01. The van der Waals surface area contributed by atoms with Crippen LogP contribution in [0.1, 0.15) is 0 Å². The Morgan fingerprint density at radius 2 is 1.68 bits per heavy atom. The Bertz CT molecular complexity index is 786. The Balaban J connectivity index is 1.79. The van der Waals surface area contributed by atoms with Crippen molar-refractivity contribution in [2.75, 3.05) is 10.6 Å². The van der Waals surface area contributed by atoms with E-state index in [9.17, 15) is 9.18 Å². The fourth-order valence-electron chi connectivity index (χ4n) is 2.04. The number of benzene rings is 2. The molecule has 0 unspecified atom stereocenters. The Hall–Kier alpha value is -3.15. The number of amides is 2. The predicted molar refractivity (Wildman–Crippen MR) is 82.6 cm³/mol. The molecule has 1 aromatic heterocycles. The summed E-state index contributed by atoms with van der Waals surface area (Å²) in [7, 11) is 0. The van der Waals surface area contributed by atoms with E-state index < -0.39 is 11.8 Å². The molecule has 0 saturated carbocycles. The van der Waals surface area contributed by atoms with Crippen LogP contribution in [0.2, 0.25) is 0 Å². The lowest BCUT2D eigenvalue weighted by atomic mass is 10.2. The number of hydrogen-bond donors (Lipinski definition) is 2. The number of urea groups is 1. The number of hydrogen-bond acceptors (Lipinski definition) is 2. The summed E-state index contributed by atoms with van der Waals surface area (Å²) in [5, 5.41) is 5.19. The summed E-state index contributed by atoms with van der Waals surface area (Å²) in [6.07, 6.45) is 5.06. The second kappa shape index (κ2) is 6.09. The zero-order valence-corrected chi connectivity index (χ0v) is 11.5. The number of nitrogens with one attached hydrogen (secondary N) is 2. The minimum absolute atomic E-state index is 0.125. The van der Waals surface area contributed by atoms with Crippen LogP contribution in [0, 0.1) is 5.82 Å². The average Bonchev–Trinajstić information content (AvgIpc) is 3.04. The molecular formula is C16H13FN4O. The maximum Gasteiger partial charge on any atom is 0.323 e. The van der Waals surface area contributed by atoms with E-state index in [1.54, 1.807) is 47.6 Å². The molecule has 5 nitrogen and oxygen atoms in total. The van der Waals surface area contributed by atoms with E-state index in [0.29, 0.717) is 5.69 Å². The third-order valence-corrected chi connectivity index (χ3v) is 3.06. The first kappa shape index (κ1) is 13.8. The summed E-state index contributed by atoms with van der Waals surface area (Å²) in [5.74, 6) is -0.486. The van der Waals surface area contributed by atoms with Crippen molar-refractivity contribution in [1.29, 1.82) is 0 Å². The van der Waals surface area contributed by atoms with E-state index in [0.717, 1.165) is 5.69 Å². The van der Waals surface area contributed by atoms with Gasteiger partial charge in [-0.05, 0) is 24.3 Å². The van der Waals surface area contributed by atoms with Gasteiger partial charge in [0.25, 0.3) is 0 Å². The third-order valence-electron chi connectivity index (χ3n) is 3.06. The molecule has 0 bridgehead atoms. The number of halogens is 1. The van der Waals surface area contributed by atoms with E-state index in [2.05, 4.69) is 15.6 Å². The highest BCUT2D eigenvalue weighted by Crippen LogP contribution is 2.20. The molecule has 0 radical (unpaired) electrons. The van der Waals surface area contributed by atoms with Crippen LogP contribution in [0.3, 0.4) is 0 Å². The summed E-state index contributed by atoms with van der Waals surface area (Å²) in [4.78, 5) is 16.0. The van der Waals surface area contributed by atoms with Gasteiger partial charge in [-0.1, -0.05) is 24.3 Å². The topological polar surface area (TPSA) is 59.0 Å². The van der Waals surface area contributed by atoms with Gasteiger partial charge >= 0.3 is 6.03 Å². The summed E-state index contributed by atoms with van der Waals surface area (Å²) < 4.78 is 15.3. The molecule has 0 fully saturated rings. The van der Waals surface area contributed by atoms with Gasteiger partial charge in [-0.2, -0.15) is 0 Å². The standard InChI is InChI=1S/C16H13FN4O/c17-12-5-1-2-6-13(12)19-16(22)20-14-7-3-4-8-15(14)21-10-9-18-11-21/h1-11H,(H2,19,20,22).